The molecular formula is C48H67N8NaO21S. The van der Waals surface area contributed by atoms with Gasteiger partial charge in [0.15, 0.2) is 11.5 Å². The second-order valence-electron chi connectivity index (χ2n) is 20.0. The fourth-order valence-corrected chi connectivity index (χ4v) is 9.06. The Labute approximate surface area is 479 Å². The van der Waals surface area contributed by atoms with Crippen molar-refractivity contribution in [3.8, 4) is 11.5 Å². The summed E-state index contributed by atoms with van der Waals surface area (Å²) >= 11 is 0.00207. The van der Waals surface area contributed by atoms with Crippen LogP contribution in [0.15, 0.2) is 48.5 Å². The zero-order valence-corrected chi connectivity index (χ0v) is 47.0. The summed E-state index contributed by atoms with van der Waals surface area (Å²) in [5.41, 5.74) is -0.363. The van der Waals surface area contributed by atoms with E-state index in [-0.39, 0.29) is 66.3 Å². The first-order valence-corrected chi connectivity index (χ1v) is 25.4. The molecule has 0 spiro atoms. The number of ether oxygens (including phenoxy) is 2. The van der Waals surface area contributed by atoms with Crippen LogP contribution in [0.2, 0.25) is 0 Å². The maximum absolute atomic E-state index is 14.9. The predicted molar refractivity (Wildman–Crippen MR) is 265 cm³/mol. The topological polar surface area (TPSA) is 426 Å². The molecule has 0 aromatic heterocycles. The number of amides is 8. The van der Waals surface area contributed by atoms with Crippen LogP contribution in [0.5, 0.6) is 11.5 Å². The van der Waals surface area contributed by atoms with Crippen molar-refractivity contribution in [2.24, 2.45) is 5.92 Å². The number of rotatable bonds is 15. The molecule has 7 unspecified atom stereocenters. The van der Waals surface area contributed by atoms with Gasteiger partial charge in [0.25, 0.3) is 12.3 Å². The number of alkyl carbamates (subject to hydrolysis) is 2. The Morgan fingerprint density at radius 3 is 2.13 bits per heavy atom. The molecule has 13 N–H and O–H groups in total. The van der Waals surface area contributed by atoms with Crippen LogP contribution < -0.4 is 70.9 Å². The average Bonchev–Trinajstić information content (AvgIpc) is 3.92. The molecule has 432 valence electrons. The van der Waals surface area contributed by atoms with Gasteiger partial charge in [-0.2, -0.15) is 0 Å². The largest absolute Gasteiger partial charge is 1.00 e. The molecule has 29 nitrogen and oxygen atoms in total. The number of hydrogen-bond donors (Lipinski definition) is 13. The van der Waals surface area contributed by atoms with Crippen LogP contribution in [-0.2, 0) is 60.6 Å². The number of phenols is 1. The van der Waals surface area contributed by atoms with Gasteiger partial charge in [0, 0.05) is 51.4 Å². The molecule has 3 aliphatic rings. The van der Waals surface area contributed by atoms with E-state index >= 15 is 0 Å². The fraction of sp³-hybridized carbons (Fsp3) is 0.583. The first-order chi connectivity index (χ1) is 36.8. The van der Waals surface area contributed by atoms with Crippen molar-refractivity contribution < 1.29 is 132 Å². The van der Waals surface area contributed by atoms with Crippen LogP contribution in [0.3, 0.4) is 0 Å². The van der Waals surface area contributed by atoms with E-state index in [4.69, 9.17) is 13.7 Å². The van der Waals surface area contributed by atoms with Crippen molar-refractivity contribution >= 4 is 60.0 Å². The summed E-state index contributed by atoms with van der Waals surface area (Å²) in [6, 6.07) is 0.656. The standard InChI is InChI=1S/C48H68N8O21S.Na/c1-23-20-56-38(39(23)63)43(67)50-19-27(58)17-29(51-47(71)74-48(3,4)5)40(64)52-35(24(2)57)44(68)55-21-28(59)18-30(55)41(65)53-36(33(62)15-26-11-12-31(60)34(16-26)75-78-77-76-72)42(66)54-37(45(56)69)32(61)13-14-49-46(70)73-22-25-9-7-6-8-10-25;/h6-12,16,23-24,27-30,32-33,35-39,57-63,72H,13-15,17-22H2,1-5H3,(H,49,70)(H,50,67)(H,51,71)(H,52,64)(H,53,65)(H,54,66);/q;+1/p-1/t23?,24?,27-,28?,29-,30?,32+,33+,35?,36?,37-,38?,39-;/m0./s1. The van der Waals surface area contributed by atoms with Gasteiger partial charge in [0.05, 0.1) is 36.6 Å². The molecule has 0 saturated carbocycles. The molecular weight excluding hydrogens is 1080 g/mol. The third kappa shape index (κ3) is 19.0. The minimum absolute atomic E-state index is 0. The first-order valence-electron chi connectivity index (χ1n) is 24.7. The molecule has 79 heavy (non-hydrogen) atoms. The number of benzene rings is 2. The van der Waals surface area contributed by atoms with Gasteiger partial charge in [0.2, 0.25) is 35.4 Å². The van der Waals surface area contributed by atoms with Crippen molar-refractivity contribution in [2.75, 3.05) is 26.2 Å². The molecule has 2 aromatic carbocycles. The molecule has 3 heterocycles. The molecule has 3 saturated heterocycles. The SMILES string of the molecule is CC(O)C1NC(=O)[C@@H](NC(=O)OC(C)(C)C)C[C@H](O)CNC(=O)C2[C@@H](O)C(C)CN2C(=O)[C@H]([C@H](O)CCNC(=O)OCc2ccccc2)NC(=O)C([C@H](O)Cc2ccc(O)c(OSOO[O-])c2)NC(=O)C2CC(O)CN2C1=O.[Na+]. The molecule has 31 heteroatoms. The average molecular weight is 1150 g/mol. The zero-order valence-electron chi connectivity index (χ0n) is 44.1. The second-order valence-corrected chi connectivity index (χ2v) is 20.5. The van der Waals surface area contributed by atoms with Crippen molar-refractivity contribution in [3.63, 3.8) is 0 Å². The van der Waals surface area contributed by atoms with E-state index in [1.165, 1.54) is 33.8 Å². The van der Waals surface area contributed by atoms with Gasteiger partial charge in [-0.25, -0.2) is 9.59 Å². The number of nitrogens with zero attached hydrogens (tertiary/aromatic N) is 2. The second kappa shape index (κ2) is 30.3. The third-order valence-corrected chi connectivity index (χ3v) is 13.1. The number of hydrogen-bond acceptors (Lipinski definition) is 22. The summed E-state index contributed by atoms with van der Waals surface area (Å²) in [5.74, 6) is -8.89. The summed E-state index contributed by atoms with van der Waals surface area (Å²) < 4.78 is 19.7. The number of nitrogens with one attached hydrogen (secondary N) is 6. The van der Waals surface area contributed by atoms with E-state index in [1.807, 2.05) is 0 Å². The van der Waals surface area contributed by atoms with Crippen molar-refractivity contribution in [3.05, 3.63) is 59.7 Å². The van der Waals surface area contributed by atoms with Gasteiger partial charge in [-0.15, -0.1) is 4.33 Å². The fourth-order valence-electron chi connectivity index (χ4n) is 8.80. The van der Waals surface area contributed by atoms with Crippen molar-refractivity contribution in [1.82, 2.24) is 41.7 Å². The number of carbonyl (C=O) groups is 8. The first kappa shape index (κ1) is 65.9. The molecule has 2 aromatic rings. The maximum Gasteiger partial charge on any atom is 1.00 e. The Balaban J connectivity index is 0.0000134. The summed E-state index contributed by atoms with van der Waals surface area (Å²) in [6.45, 7) is 4.98. The van der Waals surface area contributed by atoms with Gasteiger partial charge < -0.3 is 96.4 Å². The molecule has 5 rings (SSSR count). The minimum atomic E-state index is -2.17. The monoisotopic (exact) mass is 1150 g/mol. The van der Waals surface area contributed by atoms with E-state index in [9.17, 15) is 79.4 Å². The molecule has 8 amide bonds. The number of phenolic OH excluding ortho intramolecular Hbond substituents is 1. The summed E-state index contributed by atoms with van der Waals surface area (Å²) in [6.07, 6.45) is -14.9. The number of carbonyl (C=O) groups excluding carboxylic acids is 8. The quantitative estimate of drug-likeness (QED) is 0.0259. The van der Waals surface area contributed by atoms with Crippen LogP contribution in [0.4, 0.5) is 9.59 Å². The van der Waals surface area contributed by atoms with Gasteiger partial charge in [-0.3, -0.25) is 33.8 Å². The van der Waals surface area contributed by atoms with Gasteiger partial charge >= 0.3 is 41.7 Å². The Kier molecular flexibility index (Phi) is 25.3. The molecule has 0 radical (unpaired) electrons. The maximum atomic E-state index is 14.9. The summed E-state index contributed by atoms with van der Waals surface area (Å²) in [7, 11) is 0. The van der Waals surface area contributed by atoms with E-state index in [2.05, 4.69) is 41.3 Å². The zero-order chi connectivity index (χ0) is 57.6. The predicted octanol–water partition coefficient (Wildman–Crippen LogP) is -7.08. The Morgan fingerprint density at radius 2 is 1.47 bits per heavy atom. The van der Waals surface area contributed by atoms with Crippen molar-refractivity contribution in [1.29, 1.82) is 0 Å². The van der Waals surface area contributed by atoms with E-state index in [0.717, 1.165) is 28.9 Å². The Hall–Kier alpha value is -5.61. The molecule has 3 aliphatic heterocycles. The minimum Gasteiger partial charge on any atom is -0.691 e. The molecule has 13 atom stereocenters. The third-order valence-electron chi connectivity index (χ3n) is 12.7. The van der Waals surface area contributed by atoms with Gasteiger partial charge in [-0.05, 0) is 57.4 Å². The number of aliphatic hydroxyl groups excluding tert-OH is 6. The van der Waals surface area contributed by atoms with E-state index in [1.54, 1.807) is 30.3 Å². The van der Waals surface area contributed by atoms with Gasteiger partial charge in [-0.1, -0.05) is 43.3 Å². The smallest absolute Gasteiger partial charge is 0.691 e. The number of aliphatic hydroxyl groups is 6. The van der Waals surface area contributed by atoms with Crippen LogP contribution in [0.1, 0.15) is 65.0 Å². The van der Waals surface area contributed by atoms with Crippen LogP contribution >= 0.6 is 12.3 Å². The van der Waals surface area contributed by atoms with Crippen LogP contribution in [0, 0.1) is 5.92 Å². The summed E-state index contributed by atoms with van der Waals surface area (Å²) in [4.78, 5) is 114. The molecule has 3 fully saturated rings. The number of β-amino-alcohol motifs (C(OH)–C–C–N with tert-alkyl or cyclic N) is 1. The number of fused-ring (bicyclic) bond motifs is 2. The van der Waals surface area contributed by atoms with Crippen LogP contribution in [-0.4, -0.2) is 198 Å². The Morgan fingerprint density at radius 1 is 0.810 bits per heavy atom. The van der Waals surface area contributed by atoms with E-state index < -0.39 is 183 Å². The normalized spacial score (nSPS) is 26.7. The Bertz CT molecular complexity index is 2430. The molecule has 0 aliphatic carbocycles. The van der Waals surface area contributed by atoms with Crippen LogP contribution in [0.25, 0.3) is 0 Å². The number of aromatic hydroxyl groups is 1. The molecule has 0 bridgehead atoms. The van der Waals surface area contributed by atoms with Crippen molar-refractivity contribution in [2.45, 2.75) is 145 Å². The van der Waals surface area contributed by atoms with E-state index in [0.29, 0.717) is 5.56 Å². The summed E-state index contributed by atoms with van der Waals surface area (Å²) in [5, 5.41) is 106. The van der Waals surface area contributed by atoms with Gasteiger partial charge in [0.1, 0.15) is 48.5 Å².